The van der Waals surface area contributed by atoms with Crippen molar-refractivity contribution in [2.75, 3.05) is 18.0 Å². The highest BCUT2D eigenvalue weighted by Crippen LogP contribution is 2.44. The quantitative estimate of drug-likeness (QED) is 0.754. The molecule has 2 nitrogen and oxygen atoms in total. The van der Waals surface area contributed by atoms with Gasteiger partial charge in [0.2, 0.25) is 0 Å². The minimum absolute atomic E-state index is 0.0824. The van der Waals surface area contributed by atoms with Crippen molar-refractivity contribution in [3.05, 3.63) is 28.0 Å². The first-order valence-electron chi connectivity index (χ1n) is 5.61. The lowest BCUT2D eigenvalue weighted by Gasteiger charge is -2.36. The first-order valence-corrected chi connectivity index (χ1v) is 5.98. The Hall–Kier alpha value is -0.800. The summed E-state index contributed by atoms with van der Waals surface area (Å²) in [5.41, 5.74) is 9.20. The zero-order valence-corrected chi connectivity index (χ0v) is 9.89. The largest absolute Gasteiger partial charge is 0.369 e. The van der Waals surface area contributed by atoms with E-state index in [9.17, 15) is 4.39 Å². The van der Waals surface area contributed by atoms with Crippen LogP contribution in [0.25, 0.3) is 0 Å². The van der Waals surface area contributed by atoms with E-state index in [1.165, 1.54) is 0 Å². The molecule has 0 radical (unpaired) electrons. The highest BCUT2D eigenvalue weighted by molar-refractivity contribution is 6.32. The van der Waals surface area contributed by atoms with Crippen molar-refractivity contribution in [3.63, 3.8) is 0 Å². The molecule has 1 aromatic carbocycles. The van der Waals surface area contributed by atoms with Crippen molar-refractivity contribution in [2.24, 2.45) is 5.73 Å². The molecule has 2 heterocycles. The summed E-state index contributed by atoms with van der Waals surface area (Å²) in [6, 6.07) is 1.64. The molecule has 0 amide bonds. The Morgan fingerprint density at radius 3 is 3.06 bits per heavy atom. The molecule has 0 spiro atoms. The first kappa shape index (κ1) is 10.4. The van der Waals surface area contributed by atoms with Crippen LogP contribution in [0.5, 0.6) is 0 Å². The van der Waals surface area contributed by atoms with Gasteiger partial charge in [-0.25, -0.2) is 4.39 Å². The van der Waals surface area contributed by atoms with Crippen LogP contribution < -0.4 is 10.6 Å². The van der Waals surface area contributed by atoms with E-state index in [4.69, 9.17) is 17.3 Å². The smallest absolute Gasteiger partial charge is 0.142 e. The average Bonchev–Trinajstić information content (AvgIpc) is 2.66. The SMILES string of the molecule is CC1c2cc(F)c(Cl)c3c2N(CC3)CC1N. The van der Waals surface area contributed by atoms with Gasteiger partial charge < -0.3 is 10.6 Å². The van der Waals surface area contributed by atoms with Crippen molar-refractivity contribution in [3.8, 4) is 0 Å². The molecule has 2 atom stereocenters. The van der Waals surface area contributed by atoms with Crippen LogP contribution in [0.15, 0.2) is 6.07 Å². The van der Waals surface area contributed by atoms with E-state index in [1.54, 1.807) is 6.07 Å². The van der Waals surface area contributed by atoms with Crippen molar-refractivity contribution >= 4 is 17.3 Å². The lowest BCUT2D eigenvalue weighted by molar-refractivity contribution is 0.528. The van der Waals surface area contributed by atoms with Gasteiger partial charge >= 0.3 is 0 Å². The van der Waals surface area contributed by atoms with Gasteiger partial charge in [0, 0.05) is 30.7 Å². The Bertz CT molecular complexity index is 461. The summed E-state index contributed by atoms with van der Waals surface area (Å²) in [6.45, 7) is 3.82. The Morgan fingerprint density at radius 1 is 1.56 bits per heavy atom. The number of benzene rings is 1. The van der Waals surface area contributed by atoms with Gasteiger partial charge in [-0.1, -0.05) is 18.5 Å². The number of nitrogens with two attached hydrogens (primary N) is 1. The third-order valence-electron chi connectivity index (χ3n) is 3.83. The molecular weight excluding hydrogens is 227 g/mol. The Morgan fingerprint density at radius 2 is 2.31 bits per heavy atom. The molecule has 0 fully saturated rings. The topological polar surface area (TPSA) is 29.3 Å². The maximum absolute atomic E-state index is 13.7. The number of nitrogens with zero attached hydrogens (tertiary/aromatic N) is 1. The van der Waals surface area contributed by atoms with Crippen molar-refractivity contribution in [1.29, 1.82) is 0 Å². The number of rotatable bonds is 0. The van der Waals surface area contributed by atoms with Crippen LogP contribution in [0.3, 0.4) is 0 Å². The third-order valence-corrected chi connectivity index (χ3v) is 4.24. The van der Waals surface area contributed by atoms with E-state index in [-0.39, 0.29) is 17.8 Å². The normalized spacial score (nSPS) is 27.1. The van der Waals surface area contributed by atoms with Crippen LogP contribution in [0.2, 0.25) is 5.02 Å². The molecule has 2 aliphatic rings. The maximum atomic E-state index is 13.7. The molecule has 0 saturated heterocycles. The molecule has 0 aliphatic carbocycles. The minimum Gasteiger partial charge on any atom is -0.369 e. The fourth-order valence-electron chi connectivity index (χ4n) is 2.82. The summed E-state index contributed by atoms with van der Waals surface area (Å²) in [5.74, 6) is -0.104. The van der Waals surface area contributed by atoms with Gasteiger partial charge in [-0.3, -0.25) is 0 Å². The molecule has 0 bridgehead atoms. The molecule has 0 aromatic heterocycles. The van der Waals surface area contributed by atoms with Gasteiger partial charge in [-0.15, -0.1) is 0 Å². The molecule has 3 rings (SSSR count). The van der Waals surface area contributed by atoms with Crippen molar-refractivity contribution in [2.45, 2.75) is 25.3 Å². The summed E-state index contributed by atoms with van der Waals surface area (Å²) in [5, 5.41) is 0.295. The van der Waals surface area contributed by atoms with Gasteiger partial charge in [-0.2, -0.15) is 0 Å². The fourth-order valence-corrected chi connectivity index (χ4v) is 3.06. The minimum atomic E-state index is -0.307. The molecule has 86 valence electrons. The van der Waals surface area contributed by atoms with Crippen LogP contribution in [0.1, 0.15) is 24.0 Å². The van der Waals surface area contributed by atoms with E-state index in [0.717, 1.165) is 36.3 Å². The molecule has 2 aliphatic heterocycles. The second kappa shape index (κ2) is 3.34. The molecular formula is C12H14ClFN2. The second-order valence-corrected chi connectivity index (χ2v) is 5.12. The van der Waals surface area contributed by atoms with Crippen molar-refractivity contribution < 1.29 is 4.39 Å². The Labute approximate surface area is 99.2 Å². The van der Waals surface area contributed by atoms with E-state index in [2.05, 4.69) is 11.8 Å². The summed E-state index contributed by atoms with van der Waals surface area (Å²) in [7, 11) is 0. The lowest BCUT2D eigenvalue weighted by Crippen LogP contribution is -2.44. The van der Waals surface area contributed by atoms with Gasteiger partial charge in [0.05, 0.1) is 5.02 Å². The lowest BCUT2D eigenvalue weighted by atomic mass is 9.87. The zero-order valence-electron chi connectivity index (χ0n) is 9.13. The predicted octanol–water partition coefficient (Wildman–Crippen LogP) is 2.29. The van der Waals surface area contributed by atoms with Crippen LogP contribution >= 0.6 is 11.6 Å². The van der Waals surface area contributed by atoms with Crippen LogP contribution in [-0.4, -0.2) is 19.1 Å². The molecule has 0 saturated carbocycles. The van der Waals surface area contributed by atoms with Gasteiger partial charge in [0.15, 0.2) is 0 Å². The molecule has 1 aromatic rings. The first-order chi connectivity index (χ1) is 7.59. The Balaban J connectivity index is 2.26. The number of hydrogen-bond acceptors (Lipinski definition) is 2. The van der Waals surface area contributed by atoms with Gasteiger partial charge in [0.25, 0.3) is 0 Å². The van der Waals surface area contributed by atoms with E-state index >= 15 is 0 Å². The molecule has 4 heteroatoms. The summed E-state index contributed by atoms with van der Waals surface area (Å²) >= 11 is 6.01. The van der Waals surface area contributed by atoms with E-state index in [0.29, 0.717) is 5.02 Å². The van der Waals surface area contributed by atoms with Gasteiger partial charge in [0.1, 0.15) is 5.82 Å². The monoisotopic (exact) mass is 240 g/mol. The predicted molar refractivity (Wildman–Crippen MR) is 63.7 cm³/mol. The van der Waals surface area contributed by atoms with Crippen LogP contribution in [-0.2, 0) is 6.42 Å². The number of hydrogen-bond donors (Lipinski definition) is 1. The molecule has 2 N–H and O–H groups in total. The van der Waals surface area contributed by atoms with Crippen LogP contribution in [0, 0.1) is 5.82 Å². The van der Waals surface area contributed by atoms with E-state index in [1.807, 2.05) is 0 Å². The highest BCUT2D eigenvalue weighted by Gasteiger charge is 2.35. The second-order valence-electron chi connectivity index (χ2n) is 4.74. The average molecular weight is 241 g/mol. The van der Waals surface area contributed by atoms with Crippen molar-refractivity contribution in [1.82, 2.24) is 0 Å². The fraction of sp³-hybridized carbons (Fsp3) is 0.500. The maximum Gasteiger partial charge on any atom is 0.142 e. The molecule has 16 heavy (non-hydrogen) atoms. The number of halogens is 2. The third kappa shape index (κ3) is 1.22. The van der Waals surface area contributed by atoms with E-state index < -0.39 is 0 Å². The Kier molecular flexibility index (Phi) is 2.17. The highest BCUT2D eigenvalue weighted by atomic mass is 35.5. The number of anilines is 1. The summed E-state index contributed by atoms with van der Waals surface area (Å²) in [4.78, 5) is 2.24. The van der Waals surface area contributed by atoms with Crippen LogP contribution in [0.4, 0.5) is 10.1 Å². The summed E-state index contributed by atoms with van der Waals surface area (Å²) in [6.07, 6.45) is 0.832. The molecule has 2 unspecified atom stereocenters. The zero-order chi connectivity index (χ0) is 11.4. The standard InChI is InChI=1S/C12H14ClFN2/c1-6-8-4-9(14)11(13)7-2-3-16(12(7)8)5-10(6)15/h4,6,10H,2-3,5,15H2,1H3. The van der Waals surface area contributed by atoms with Gasteiger partial charge in [-0.05, 0) is 23.6 Å². The summed E-state index contributed by atoms with van der Waals surface area (Å²) < 4.78 is 13.7.